The van der Waals surface area contributed by atoms with Gasteiger partial charge in [0.1, 0.15) is 0 Å². The average Bonchev–Trinajstić information content (AvgIpc) is 2.17. The van der Waals surface area contributed by atoms with Gasteiger partial charge in [0, 0.05) is 5.56 Å². The molecule has 1 aromatic rings. The zero-order valence-electron chi connectivity index (χ0n) is 7.71. The van der Waals surface area contributed by atoms with Crippen LogP contribution in [0.4, 0.5) is 0 Å². The summed E-state index contributed by atoms with van der Waals surface area (Å²) in [6.07, 6.45) is -2.09. The summed E-state index contributed by atoms with van der Waals surface area (Å²) >= 11 is 0. The number of Topliss-reactive ketones (excluding diaryl/α,β-unsaturated/α-hetero) is 1. The molecule has 0 saturated heterocycles. The number of aliphatic hydroxyl groups excluding tert-OH is 1. The zero-order valence-corrected chi connectivity index (χ0v) is 7.71. The number of carbonyl (C=O) groups is 1. The summed E-state index contributed by atoms with van der Waals surface area (Å²) in [6, 6.07) is 7.99. The molecule has 0 spiro atoms. The predicted octanol–water partition coefficient (Wildman–Crippen LogP) is -0.0690. The molecule has 1 unspecified atom stereocenters. The van der Waals surface area contributed by atoms with Crippen LogP contribution in [0.5, 0.6) is 0 Å². The maximum atomic E-state index is 11.5. The van der Waals surface area contributed by atoms with E-state index in [0.717, 1.165) is 6.92 Å². The molecule has 0 heterocycles. The summed E-state index contributed by atoms with van der Waals surface area (Å²) in [5.41, 5.74) is -1.92. The Bertz CT molecular complexity index is 316. The minimum atomic E-state index is -2.17. The van der Waals surface area contributed by atoms with Gasteiger partial charge in [-0.1, -0.05) is 30.3 Å². The van der Waals surface area contributed by atoms with Crippen molar-refractivity contribution in [2.75, 3.05) is 0 Å². The Morgan fingerprint density at radius 1 is 1.29 bits per heavy atom. The van der Waals surface area contributed by atoms with Gasteiger partial charge in [0.2, 0.25) is 0 Å². The first-order chi connectivity index (χ1) is 6.46. The van der Waals surface area contributed by atoms with Gasteiger partial charge in [-0.2, -0.15) is 0 Å². The van der Waals surface area contributed by atoms with Gasteiger partial charge < -0.3 is 15.3 Å². The van der Waals surface area contributed by atoms with Crippen molar-refractivity contribution in [3.05, 3.63) is 35.9 Å². The Morgan fingerprint density at radius 3 is 2.21 bits per heavy atom. The lowest BCUT2D eigenvalue weighted by Gasteiger charge is -2.23. The van der Waals surface area contributed by atoms with Crippen LogP contribution in [0.3, 0.4) is 0 Å². The van der Waals surface area contributed by atoms with Gasteiger partial charge in [-0.25, -0.2) is 0 Å². The molecule has 0 aliphatic rings. The second-order valence-corrected chi connectivity index (χ2v) is 3.22. The summed E-state index contributed by atoms with van der Waals surface area (Å²) < 4.78 is 0. The van der Waals surface area contributed by atoms with Gasteiger partial charge >= 0.3 is 0 Å². The first-order valence-corrected chi connectivity index (χ1v) is 4.14. The number of aliphatic hydroxyl groups is 3. The van der Waals surface area contributed by atoms with E-state index in [-0.39, 0.29) is 5.56 Å². The molecule has 3 N–H and O–H groups in total. The third kappa shape index (κ3) is 1.98. The summed E-state index contributed by atoms with van der Waals surface area (Å²) in [6.45, 7) is 1.06. The summed E-state index contributed by atoms with van der Waals surface area (Å²) in [7, 11) is 0. The van der Waals surface area contributed by atoms with E-state index in [1.807, 2.05) is 0 Å². The lowest BCUT2D eigenvalue weighted by Crippen LogP contribution is -2.46. The summed E-state index contributed by atoms with van der Waals surface area (Å²) in [5, 5.41) is 27.1. The zero-order chi connectivity index (χ0) is 10.8. The van der Waals surface area contributed by atoms with E-state index in [9.17, 15) is 9.90 Å². The van der Waals surface area contributed by atoms with Gasteiger partial charge in [0.15, 0.2) is 17.7 Å². The van der Waals surface area contributed by atoms with Crippen molar-refractivity contribution in [1.29, 1.82) is 0 Å². The molecule has 0 fully saturated rings. The van der Waals surface area contributed by atoms with Crippen LogP contribution in [0.1, 0.15) is 17.3 Å². The normalized spacial score (nSPS) is 15.2. The Morgan fingerprint density at radius 2 is 1.79 bits per heavy atom. The largest absolute Gasteiger partial charge is 0.377 e. The van der Waals surface area contributed by atoms with Crippen LogP contribution in [0, 0.1) is 0 Å². The third-order valence-electron chi connectivity index (χ3n) is 2.00. The second-order valence-electron chi connectivity index (χ2n) is 3.22. The van der Waals surface area contributed by atoms with Crippen molar-refractivity contribution in [3.8, 4) is 0 Å². The Kier molecular flexibility index (Phi) is 3.00. The van der Waals surface area contributed by atoms with Gasteiger partial charge in [0.05, 0.1) is 0 Å². The van der Waals surface area contributed by atoms with E-state index in [1.54, 1.807) is 18.2 Å². The van der Waals surface area contributed by atoms with Crippen molar-refractivity contribution in [1.82, 2.24) is 0 Å². The molecule has 4 heteroatoms. The second kappa shape index (κ2) is 3.88. The van der Waals surface area contributed by atoms with Gasteiger partial charge in [-0.05, 0) is 6.92 Å². The van der Waals surface area contributed by atoms with Gasteiger partial charge in [-0.3, -0.25) is 4.79 Å². The predicted molar refractivity (Wildman–Crippen MR) is 49.6 cm³/mol. The fourth-order valence-electron chi connectivity index (χ4n) is 0.999. The van der Waals surface area contributed by atoms with Crippen LogP contribution in [0.2, 0.25) is 0 Å². The van der Waals surface area contributed by atoms with Crippen LogP contribution in [-0.4, -0.2) is 33.0 Å². The molecule has 76 valence electrons. The fourth-order valence-corrected chi connectivity index (χ4v) is 0.999. The van der Waals surface area contributed by atoms with Crippen LogP contribution in [0.25, 0.3) is 0 Å². The van der Waals surface area contributed by atoms with E-state index in [0.29, 0.717) is 0 Å². The molecule has 0 aromatic heterocycles. The van der Waals surface area contributed by atoms with Crippen LogP contribution < -0.4 is 0 Å². The number of benzene rings is 1. The minimum Gasteiger partial charge on any atom is -0.377 e. The lowest BCUT2D eigenvalue weighted by atomic mass is 9.94. The average molecular weight is 196 g/mol. The number of hydrogen-bond donors (Lipinski definition) is 3. The highest BCUT2D eigenvalue weighted by atomic mass is 16.5. The molecule has 0 amide bonds. The molecule has 0 saturated carbocycles. The molecule has 4 nitrogen and oxygen atoms in total. The molecule has 1 aromatic carbocycles. The molecular formula is C10H12O4. The molecule has 0 aliphatic carbocycles. The topological polar surface area (TPSA) is 77.8 Å². The molecule has 0 radical (unpaired) electrons. The molecule has 1 rings (SSSR count). The lowest BCUT2D eigenvalue weighted by molar-refractivity contribution is -0.152. The fraction of sp³-hybridized carbons (Fsp3) is 0.300. The highest BCUT2D eigenvalue weighted by Crippen LogP contribution is 2.15. The van der Waals surface area contributed by atoms with Crippen molar-refractivity contribution >= 4 is 5.78 Å². The number of carbonyl (C=O) groups excluding carboxylic acids is 1. The molecule has 14 heavy (non-hydrogen) atoms. The van der Waals surface area contributed by atoms with Gasteiger partial charge in [0.25, 0.3) is 0 Å². The van der Waals surface area contributed by atoms with E-state index in [2.05, 4.69) is 0 Å². The van der Waals surface area contributed by atoms with Crippen LogP contribution in [0.15, 0.2) is 30.3 Å². The number of rotatable bonds is 3. The summed E-state index contributed by atoms with van der Waals surface area (Å²) in [5.74, 6) is -0.715. The maximum Gasteiger partial charge on any atom is 0.199 e. The van der Waals surface area contributed by atoms with E-state index < -0.39 is 17.7 Å². The molecule has 1 atom stereocenters. The summed E-state index contributed by atoms with van der Waals surface area (Å²) in [4.78, 5) is 11.5. The van der Waals surface area contributed by atoms with Crippen molar-refractivity contribution in [2.24, 2.45) is 0 Å². The number of hydrogen-bond acceptors (Lipinski definition) is 4. The first kappa shape index (κ1) is 10.8. The standard InChI is InChI=1S/C10H12O4/c1-10(14,9(12)13)8(11)7-5-3-2-4-6-7/h2-6,9,12-14H,1H3. The van der Waals surface area contributed by atoms with E-state index in [4.69, 9.17) is 10.2 Å². The van der Waals surface area contributed by atoms with Crippen LogP contribution in [-0.2, 0) is 0 Å². The molecular weight excluding hydrogens is 184 g/mol. The van der Waals surface area contributed by atoms with E-state index >= 15 is 0 Å². The Balaban J connectivity index is 2.97. The maximum absolute atomic E-state index is 11.5. The monoisotopic (exact) mass is 196 g/mol. The Hall–Kier alpha value is -1.23. The van der Waals surface area contributed by atoms with Crippen molar-refractivity contribution in [3.63, 3.8) is 0 Å². The quantitative estimate of drug-likeness (QED) is 0.467. The van der Waals surface area contributed by atoms with Crippen molar-refractivity contribution < 1.29 is 20.1 Å². The highest BCUT2D eigenvalue weighted by Gasteiger charge is 2.37. The number of ketones is 1. The highest BCUT2D eigenvalue weighted by molar-refractivity contribution is 6.02. The Labute approximate surface area is 81.4 Å². The SMILES string of the molecule is CC(O)(C(=O)c1ccccc1)C(O)O. The smallest absolute Gasteiger partial charge is 0.199 e. The molecule has 0 bridgehead atoms. The van der Waals surface area contributed by atoms with Crippen molar-refractivity contribution in [2.45, 2.75) is 18.8 Å². The van der Waals surface area contributed by atoms with E-state index in [1.165, 1.54) is 12.1 Å². The third-order valence-corrected chi connectivity index (χ3v) is 2.00. The minimum absolute atomic E-state index is 0.241. The van der Waals surface area contributed by atoms with Crippen LogP contribution >= 0.6 is 0 Å². The molecule has 0 aliphatic heterocycles. The van der Waals surface area contributed by atoms with Gasteiger partial charge in [-0.15, -0.1) is 0 Å². The first-order valence-electron chi connectivity index (χ1n) is 4.14.